The smallest absolute Gasteiger partial charge is 0.276 e. The van der Waals surface area contributed by atoms with Crippen molar-refractivity contribution in [1.82, 2.24) is 15.0 Å². The molecule has 24 heavy (non-hydrogen) atoms. The number of aliphatic hydroxyl groups is 1. The van der Waals surface area contributed by atoms with Crippen molar-refractivity contribution in [2.45, 2.75) is 38.5 Å². The van der Waals surface area contributed by atoms with Crippen molar-refractivity contribution in [1.29, 1.82) is 0 Å². The van der Waals surface area contributed by atoms with Crippen molar-refractivity contribution in [2.75, 3.05) is 20.1 Å². The van der Waals surface area contributed by atoms with E-state index in [4.69, 9.17) is 4.52 Å². The first-order valence-corrected chi connectivity index (χ1v) is 9.09. The summed E-state index contributed by atoms with van der Waals surface area (Å²) in [6.45, 7) is 4.29. The van der Waals surface area contributed by atoms with E-state index in [0.717, 1.165) is 30.8 Å². The van der Waals surface area contributed by atoms with Crippen LogP contribution in [0.4, 0.5) is 0 Å². The second kappa shape index (κ2) is 7.46. The van der Waals surface area contributed by atoms with Crippen molar-refractivity contribution in [2.24, 2.45) is 0 Å². The Bertz CT molecular complexity index is 662. The first-order chi connectivity index (χ1) is 11.5. The zero-order valence-corrected chi connectivity index (χ0v) is 14.8. The number of hydrogen-bond donors (Lipinski definition) is 1. The van der Waals surface area contributed by atoms with Gasteiger partial charge in [-0.25, -0.2) is 0 Å². The Morgan fingerprint density at radius 1 is 1.54 bits per heavy atom. The van der Waals surface area contributed by atoms with Gasteiger partial charge in [-0.3, -0.25) is 9.69 Å². The third-order valence-corrected chi connectivity index (χ3v) is 5.61. The van der Waals surface area contributed by atoms with Gasteiger partial charge in [-0.2, -0.15) is 0 Å². The van der Waals surface area contributed by atoms with Crippen LogP contribution in [0.25, 0.3) is 0 Å². The number of carbonyl (C=O) groups is 1. The maximum atomic E-state index is 12.6. The summed E-state index contributed by atoms with van der Waals surface area (Å²) in [6, 6.07) is 5.74. The van der Waals surface area contributed by atoms with Crippen LogP contribution in [-0.2, 0) is 6.54 Å². The van der Waals surface area contributed by atoms with Crippen LogP contribution in [0.5, 0.6) is 0 Å². The fourth-order valence-corrected chi connectivity index (χ4v) is 3.69. The Morgan fingerprint density at radius 2 is 2.29 bits per heavy atom. The van der Waals surface area contributed by atoms with E-state index in [1.54, 1.807) is 29.4 Å². The topological polar surface area (TPSA) is 69.8 Å². The predicted molar refractivity (Wildman–Crippen MR) is 91.8 cm³/mol. The van der Waals surface area contributed by atoms with Gasteiger partial charge in [-0.15, -0.1) is 11.3 Å². The molecule has 1 saturated heterocycles. The molecule has 0 spiro atoms. The zero-order valence-electron chi connectivity index (χ0n) is 14.0. The minimum Gasteiger partial charge on any atom is -0.393 e. The standard InChI is InChI=1S/C17H23N3O3S/c1-12(16-4-3-9-24-16)19(2)17(22)15-10-14(23-18-15)11-20-7-5-13(21)6-8-20/h3-4,9-10,12-13,21H,5-8,11H2,1-2H3/t12-/m0/s1. The highest BCUT2D eigenvalue weighted by Gasteiger charge is 2.24. The largest absolute Gasteiger partial charge is 0.393 e. The maximum absolute atomic E-state index is 12.6. The number of aromatic nitrogens is 1. The SMILES string of the molecule is C[C@@H](c1cccs1)N(C)C(=O)c1cc(CN2CCC(O)CC2)on1. The summed E-state index contributed by atoms with van der Waals surface area (Å²) < 4.78 is 5.34. The van der Waals surface area contributed by atoms with Gasteiger partial charge in [-0.1, -0.05) is 11.2 Å². The molecule has 1 aliphatic heterocycles. The number of nitrogens with zero attached hydrogens (tertiary/aromatic N) is 3. The lowest BCUT2D eigenvalue weighted by molar-refractivity contribution is 0.0726. The summed E-state index contributed by atoms with van der Waals surface area (Å²) in [7, 11) is 1.78. The van der Waals surface area contributed by atoms with Gasteiger partial charge in [0.2, 0.25) is 0 Å². The first-order valence-electron chi connectivity index (χ1n) is 8.21. The molecule has 1 fully saturated rings. The molecule has 0 bridgehead atoms. The molecule has 1 N–H and O–H groups in total. The van der Waals surface area contributed by atoms with Gasteiger partial charge < -0.3 is 14.5 Å². The van der Waals surface area contributed by atoms with Crippen LogP contribution in [0.3, 0.4) is 0 Å². The van der Waals surface area contributed by atoms with Gasteiger partial charge in [0.25, 0.3) is 5.91 Å². The van der Waals surface area contributed by atoms with Crippen LogP contribution in [0.2, 0.25) is 0 Å². The Hall–Kier alpha value is -1.70. The molecular weight excluding hydrogens is 326 g/mol. The molecule has 0 aliphatic carbocycles. The van der Waals surface area contributed by atoms with E-state index in [1.165, 1.54) is 0 Å². The highest BCUT2D eigenvalue weighted by Crippen LogP contribution is 2.25. The lowest BCUT2D eigenvalue weighted by atomic mass is 10.1. The van der Waals surface area contributed by atoms with Crippen molar-refractivity contribution >= 4 is 17.2 Å². The van der Waals surface area contributed by atoms with Crippen LogP contribution in [-0.4, -0.2) is 52.2 Å². The lowest BCUT2D eigenvalue weighted by Crippen LogP contribution is -2.35. The maximum Gasteiger partial charge on any atom is 0.276 e. The van der Waals surface area contributed by atoms with Gasteiger partial charge in [0, 0.05) is 31.1 Å². The van der Waals surface area contributed by atoms with Gasteiger partial charge in [0.05, 0.1) is 18.7 Å². The van der Waals surface area contributed by atoms with Gasteiger partial charge in [-0.05, 0) is 31.2 Å². The normalized spacial score (nSPS) is 17.8. The highest BCUT2D eigenvalue weighted by molar-refractivity contribution is 7.10. The molecule has 3 rings (SSSR count). The Balaban J connectivity index is 1.61. The number of carbonyl (C=O) groups excluding carboxylic acids is 1. The minimum atomic E-state index is -0.194. The fourth-order valence-electron chi connectivity index (χ4n) is 2.86. The van der Waals surface area contributed by atoms with Crippen molar-refractivity contribution in [3.05, 3.63) is 39.9 Å². The number of aliphatic hydroxyl groups excluding tert-OH is 1. The molecule has 2 aromatic heterocycles. The second-order valence-corrected chi connectivity index (χ2v) is 7.27. The fraction of sp³-hybridized carbons (Fsp3) is 0.529. The van der Waals surface area contributed by atoms with E-state index in [9.17, 15) is 9.90 Å². The minimum absolute atomic E-state index is 0.00114. The number of likely N-dealkylation sites (tertiary alicyclic amines) is 1. The average Bonchev–Trinajstić information content (AvgIpc) is 3.26. The van der Waals surface area contributed by atoms with Crippen LogP contribution >= 0.6 is 11.3 Å². The Morgan fingerprint density at radius 3 is 2.96 bits per heavy atom. The molecule has 1 amide bonds. The van der Waals surface area contributed by atoms with Crippen molar-refractivity contribution in [3.63, 3.8) is 0 Å². The summed E-state index contributed by atoms with van der Waals surface area (Å²) >= 11 is 1.64. The van der Waals surface area contributed by atoms with E-state index < -0.39 is 0 Å². The third kappa shape index (κ3) is 3.85. The van der Waals surface area contributed by atoms with E-state index in [0.29, 0.717) is 18.0 Å². The third-order valence-electron chi connectivity index (χ3n) is 4.57. The van der Waals surface area contributed by atoms with Gasteiger partial charge in [0.15, 0.2) is 11.5 Å². The first kappa shape index (κ1) is 17.1. The number of thiophene rings is 1. The molecule has 7 heteroatoms. The molecular formula is C17H23N3O3S. The second-order valence-electron chi connectivity index (χ2n) is 6.29. The Kier molecular flexibility index (Phi) is 5.33. The van der Waals surface area contributed by atoms with Crippen molar-refractivity contribution in [3.8, 4) is 0 Å². The molecule has 1 aliphatic rings. The Labute approximate surface area is 145 Å². The van der Waals surface area contributed by atoms with Gasteiger partial charge >= 0.3 is 0 Å². The molecule has 6 nitrogen and oxygen atoms in total. The summed E-state index contributed by atoms with van der Waals surface area (Å²) in [6.07, 6.45) is 1.36. The number of rotatable bonds is 5. The number of piperidine rings is 1. The summed E-state index contributed by atoms with van der Waals surface area (Å²) in [4.78, 5) is 17.6. The van der Waals surface area contributed by atoms with Crippen molar-refractivity contribution < 1.29 is 14.4 Å². The van der Waals surface area contributed by atoms with E-state index in [1.807, 2.05) is 24.4 Å². The summed E-state index contributed by atoms with van der Waals surface area (Å²) in [5, 5.41) is 15.5. The monoisotopic (exact) mass is 349 g/mol. The highest BCUT2D eigenvalue weighted by atomic mass is 32.1. The van der Waals surface area contributed by atoms with Crippen LogP contribution in [0.15, 0.2) is 28.1 Å². The molecule has 0 radical (unpaired) electrons. The number of amides is 1. The molecule has 0 saturated carbocycles. The molecule has 1 atom stereocenters. The lowest BCUT2D eigenvalue weighted by Gasteiger charge is -2.28. The van der Waals surface area contributed by atoms with Crippen LogP contribution in [0, 0.1) is 0 Å². The van der Waals surface area contributed by atoms with Gasteiger partial charge in [0.1, 0.15) is 0 Å². The molecule has 0 unspecified atom stereocenters. The average molecular weight is 349 g/mol. The van der Waals surface area contributed by atoms with Crippen LogP contribution < -0.4 is 0 Å². The quantitative estimate of drug-likeness (QED) is 0.898. The van der Waals surface area contributed by atoms with E-state index in [2.05, 4.69) is 10.1 Å². The summed E-state index contributed by atoms with van der Waals surface area (Å²) in [5.41, 5.74) is 0.341. The predicted octanol–water partition coefficient (Wildman–Crippen LogP) is 2.53. The van der Waals surface area contributed by atoms with Crippen LogP contribution in [0.1, 0.15) is 46.9 Å². The summed E-state index contributed by atoms with van der Waals surface area (Å²) in [5.74, 6) is 0.548. The molecule has 2 aromatic rings. The van der Waals surface area contributed by atoms with E-state index >= 15 is 0 Å². The number of hydrogen-bond acceptors (Lipinski definition) is 6. The van der Waals surface area contributed by atoms with E-state index in [-0.39, 0.29) is 18.1 Å². The molecule has 130 valence electrons. The zero-order chi connectivity index (χ0) is 17.1. The molecule has 3 heterocycles. The molecule has 0 aromatic carbocycles.